The largest absolute Gasteiger partial charge is 0.475 e. The molecule has 3 rings (SSSR count). The van der Waals surface area contributed by atoms with E-state index in [4.69, 9.17) is 9.52 Å². The molecule has 2 N–H and O–H groups in total. The zero-order valence-corrected chi connectivity index (χ0v) is 13.0. The van der Waals surface area contributed by atoms with E-state index < -0.39 is 11.9 Å². The van der Waals surface area contributed by atoms with Crippen LogP contribution in [-0.2, 0) is 5.41 Å². The van der Waals surface area contributed by atoms with E-state index in [-0.39, 0.29) is 22.8 Å². The molecule has 2 aromatic rings. The first-order valence-electron chi connectivity index (χ1n) is 7.88. The SMILES string of the molecule is O=C(O)c1ccc(C(=O)NCC2(c3ccc(F)cc3)CCCC2)o1. The molecule has 24 heavy (non-hydrogen) atoms. The summed E-state index contributed by atoms with van der Waals surface area (Å²) in [6.45, 7) is 0.403. The van der Waals surface area contributed by atoms with E-state index >= 15 is 0 Å². The molecule has 0 atom stereocenters. The van der Waals surface area contributed by atoms with Gasteiger partial charge in [-0.25, -0.2) is 9.18 Å². The lowest BCUT2D eigenvalue weighted by atomic mass is 9.79. The number of furan rings is 1. The average Bonchev–Trinajstić information content (AvgIpc) is 3.23. The minimum Gasteiger partial charge on any atom is -0.475 e. The maximum atomic E-state index is 13.2. The van der Waals surface area contributed by atoms with E-state index in [9.17, 15) is 14.0 Å². The molecule has 6 heteroatoms. The van der Waals surface area contributed by atoms with Crippen LogP contribution >= 0.6 is 0 Å². The van der Waals surface area contributed by atoms with Crippen molar-refractivity contribution in [3.05, 3.63) is 59.3 Å². The van der Waals surface area contributed by atoms with Crippen LogP contribution in [0.3, 0.4) is 0 Å². The van der Waals surface area contributed by atoms with Gasteiger partial charge in [-0.2, -0.15) is 0 Å². The Kier molecular flexibility index (Phi) is 4.38. The molecule has 1 aliphatic rings. The van der Waals surface area contributed by atoms with E-state index in [2.05, 4.69) is 5.32 Å². The van der Waals surface area contributed by atoms with Crippen molar-refractivity contribution in [2.75, 3.05) is 6.54 Å². The molecule has 1 heterocycles. The van der Waals surface area contributed by atoms with Gasteiger partial charge in [0, 0.05) is 12.0 Å². The summed E-state index contributed by atoms with van der Waals surface area (Å²) in [6, 6.07) is 9.00. The number of carbonyl (C=O) groups is 2. The van der Waals surface area contributed by atoms with Crippen molar-refractivity contribution in [3.63, 3.8) is 0 Å². The molecule has 5 nitrogen and oxygen atoms in total. The van der Waals surface area contributed by atoms with Crippen molar-refractivity contribution in [1.29, 1.82) is 0 Å². The summed E-state index contributed by atoms with van der Waals surface area (Å²) >= 11 is 0. The van der Waals surface area contributed by atoms with E-state index in [1.165, 1.54) is 24.3 Å². The molecule has 1 saturated carbocycles. The van der Waals surface area contributed by atoms with E-state index in [0.717, 1.165) is 31.2 Å². The molecule has 1 fully saturated rings. The minimum absolute atomic E-state index is 0.0281. The third-order valence-corrected chi connectivity index (χ3v) is 4.65. The number of nitrogens with one attached hydrogen (secondary N) is 1. The number of aromatic carboxylic acids is 1. The summed E-state index contributed by atoms with van der Waals surface area (Å²) < 4.78 is 18.2. The summed E-state index contributed by atoms with van der Waals surface area (Å²) in [5, 5.41) is 11.7. The number of carboxylic acid groups (broad SMARTS) is 1. The number of hydrogen-bond donors (Lipinski definition) is 2. The molecule has 0 radical (unpaired) electrons. The monoisotopic (exact) mass is 331 g/mol. The van der Waals surface area contributed by atoms with E-state index in [1.54, 1.807) is 12.1 Å². The van der Waals surface area contributed by atoms with Gasteiger partial charge in [0.25, 0.3) is 5.91 Å². The van der Waals surface area contributed by atoms with Gasteiger partial charge in [0.1, 0.15) is 5.82 Å². The Morgan fingerprint density at radius 2 is 1.71 bits per heavy atom. The predicted molar refractivity (Wildman–Crippen MR) is 84.5 cm³/mol. The van der Waals surface area contributed by atoms with Gasteiger partial charge in [0.2, 0.25) is 5.76 Å². The van der Waals surface area contributed by atoms with Gasteiger partial charge in [0.15, 0.2) is 5.76 Å². The predicted octanol–water partition coefficient (Wildman–Crippen LogP) is 3.36. The van der Waals surface area contributed by atoms with Gasteiger partial charge >= 0.3 is 5.97 Å². The molecule has 0 spiro atoms. The molecule has 126 valence electrons. The van der Waals surface area contributed by atoms with Gasteiger partial charge in [-0.05, 0) is 42.7 Å². The summed E-state index contributed by atoms with van der Waals surface area (Å²) in [4.78, 5) is 23.0. The first kappa shape index (κ1) is 16.2. The summed E-state index contributed by atoms with van der Waals surface area (Å²) in [5.74, 6) is -2.25. The highest BCUT2D eigenvalue weighted by molar-refractivity contribution is 5.93. The number of carbonyl (C=O) groups excluding carboxylic acids is 1. The third kappa shape index (κ3) is 3.18. The van der Waals surface area contributed by atoms with Crippen LogP contribution in [0.2, 0.25) is 0 Å². The van der Waals surface area contributed by atoms with Crippen molar-refractivity contribution in [2.45, 2.75) is 31.1 Å². The Balaban J connectivity index is 1.73. The second-order valence-electron chi connectivity index (χ2n) is 6.15. The summed E-state index contributed by atoms with van der Waals surface area (Å²) in [7, 11) is 0. The van der Waals surface area contributed by atoms with Gasteiger partial charge in [0.05, 0.1) is 0 Å². The zero-order valence-electron chi connectivity index (χ0n) is 13.0. The molecular weight excluding hydrogens is 313 g/mol. The van der Waals surface area contributed by atoms with Gasteiger partial charge in [-0.1, -0.05) is 25.0 Å². The number of amides is 1. The number of benzene rings is 1. The van der Waals surface area contributed by atoms with Crippen LogP contribution in [0.5, 0.6) is 0 Å². The second-order valence-corrected chi connectivity index (χ2v) is 6.15. The first-order valence-corrected chi connectivity index (χ1v) is 7.88. The maximum absolute atomic E-state index is 13.2. The first-order chi connectivity index (χ1) is 11.5. The molecule has 0 aliphatic heterocycles. The molecule has 0 bridgehead atoms. The highest BCUT2D eigenvalue weighted by Gasteiger charge is 2.36. The minimum atomic E-state index is -1.22. The molecular formula is C18H18FNO4. The Hall–Kier alpha value is -2.63. The molecule has 1 amide bonds. The number of halogens is 1. The summed E-state index contributed by atoms with van der Waals surface area (Å²) in [6.07, 6.45) is 3.93. The van der Waals surface area contributed by atoms with Gasteiger partial charge in [-0.3, -0.25) is 4.79 Å². The van der Waals surface area contributed by atoms with Crippen LogP contribution < -0.4 is 5.32 Å². The highest BCUT2D eigenvalue weighted by Crippen LogP contribution is 2.40. The fourth-order valence-electron chi connectivity index (χ4n) is 3.33. The number of carboxylic acids is 1. The molecule has 1 aromatic heterocycles. The van der Waals surface area contributed by atoms with Crippen molar-refractivity contribution in [3.8, 4) is 0 Å². The van der Waals surface area contributed by atoms with Crippen molar-refractivity contribution < 1.29 is 23.5 Å². The maximum Gasteiger partial charge on any atom is 0.371 e. The van der Waals surface area contributed by atoms with Gasteiger partial charge in [-0.15, -0.1) is 0 Å². The van der Waals surface area contributed by atoms with Crippen LogP contribution in [0, 0.1) is 5.82 Å². The standard InChI is InChI=1S/C18H18FNO4/c19-13-5-3-12(4-6-13)18(9-1-2-10-18)11-20-16(21)14-7-8-15(24-14)17(22)23/h3-8H,1-2,9-11H2,(H,20,21)(H,22,23). The Labute approximate surface area is 138 Å². The molecule has 0 saturated heterocycles. The smallest absolute Gasteiger partial charge is 0.371 e. The Morgan fingerprint density at radius 1 is 1.08 bits per heavy atom. The fourth-order valence-corrected chi connectivity index (χ4v) is 3.33. The second kappa shape index (κ2) is 6.47. The van der Waals surface area contributed by atoms with Crippen molar-refractivity contribution >= 4 is 11.9 Å². The third-order valence-electron chi connectivity index (χ3n) is 4.65. The topological polar surface area (TPSA) is 79.5 Å². The molecule has 1 aliphatic carbocycles. The average molecular weight is 331 g/mol. The number of hydrogen-bond acceptors (Lipinski definition) is 3. The lowest BCUT2D eigenvalue weighted by molar-refractivity contribution is 0.0659. The summed E-state index contributed by atoms with van der Waals surface area (Å²) in [5.41, 5.74) is 0.790. The quantitative estimate of drug-likeness (QED) is 0.880. The number of rotatable bonds is 5. The normalized spacial score (nSPS) is 16.0. The Morgan fingerprint density at radius 3 is 2.29 bits per heavy atom. The zero-order chi connectivity index (χ0) is 17.2. The lowest BCUT2D eigenvalue weighted by Gasteiger charge is -2.29. The van der Waals surface area contributed by atoms with Crippen LogP contribution in [0.15, 0.2) is 40.8 Å². The van der Waals surface area contributed by atoms with Crippen molar-refractivity contribution in [1.82, 2.24) is 5.32 Å². The van der Waals surface area contributed by atoms with Crippen molar-refractivity contribution in [2.24, 2.45) is 0 Å². The van der Waals surface area contributed by atoms with Gasteiger partial charge < -0.3 is 14.8 Å². The molecule has 0 unspecified atom stereocenters. The Bertz CT molecular complexity index is 745. The van der Waals surface area contributed by atoms with Crippen LogP contribution in [0.4, 0.5) is 4.39 Å². The van der Waals surface area contributed by atoms with Crippen LogP contribution in [0.25, 0.3) is 0 Å². The van der Waals surface area contributed by atoms with Crippen LogP contribution in [-0.4, -0.2) is 23.5 Å². The highest BCUT2D eigenvalue weighted by atomic mass is 19.1. The van der Waals surface area contributed by atoms with E-state index in [0.29, 0.717) is 6.54 Å². The lowest BCUT2D eigenvalue weighted by Crippen LogP contribution is -2.39. The van der Waals surface area contributed by atoms with Crippen LogP contribution in [0.1, 0.15) is 52.4 Å². The fraction of sp³-hybridized carbons (Fsp3) is 0.333. The van der Waals surface area contributed by atoms with E-state index in [1.807, 2.05) is 0 Å². The molecule has 1 aromatic carbocycles.